The molecule has 284 valence electrons. The Balaban J connectivity index is 1.19. The first-order valence-electron chi connectivity index (χ1n) is 19.7. The molecular weight excluding hydrogens is 659 g/mol. The van der Waals surface area contributed by atoms with Crippen molar-refractivity contribution >= 4 is 30.7 Å². The Morgan fingerprint density at radius 3 is 2.48 bits per heavy atom. The fourth-order valence-corrected chi connectivity index (χ4v) is 9.99. The third-order valence-corrected chi connectivity index (χ3v) is 13.5. The van der Waals surface area contributed by atoms with E-state index in [2.05, 4.69) is 53.3 Å². The number of carbonyl (C=O) groups excluding carboxylic acids is 4. The second-order valence-corrected chi connectivity index (χ2v) is 17.2. The van der Waals surface area contributed by atoms with Crippen LogP contribution in [0.25, 0.3) is 0 Å². The molecular formula is C39H59BN6O6. The number of carbonyl (C=O) groups is 4. The minimum Gasteiger partial charge on any atom is -0.404 e. The van der Waals surface area contributed by atoms with Crippen LogP contribution >= 0.6 is 0 Å². The van der Waals surface area contributed by atoms with Crippen LogP contribution in [-0.4, -0.2) is 87.4 Å². The van der Waals surface area contributed by atoms with Gasteiger partial charge in [-0.25, -0.2) is 4.98 Å². The van der Waals surface area contributed by atoms with E-state index in [1.54, 1.807) is 11.0 Å². The van der Waals surface area contributed by atoms with Gasteiger partial charge in [0.2, 0.25) is 17.7 Å². The van der Waals surface area contributed by atoms with Gasteiger partial charge in [0, 0.05) is 18.9 Å². The molecule has 12 nitrogen and oxygen atoms in total. The summed E-state index contributed by atoms with van der Waals surface area (Å²) >= 11 is 0. The maximum absolute atomic E-state index is 14.6. The van der Waals surface area contributed by atoms with Crippen LogP contribution in [0, 0.1) is 29.1 Å². The van der Waals surface area contributed by atoms with Gasteiger partial charge in [0.25, 0.3) is 5.91 Å². The maximum Gasteiger partial charge on any atom is 0.482 e. The number of aromatic nitrogens is 2. The zero-order chi connectivity index (χ0) is 37.4. The van der Waals surface area contributed by atoms with Crippen molar-refractivity contribution in [3.63, 3.8) is 0 Å². The Kier molecular flexibility index (Phi) is 11.2. The highest BCUT2D eigenvalue weighted by Crippen LogP contribution is 2.65. The summed E-state index contributed by atoms with van der Waals surface area (Å²) in [7, 11) is -0.615. The molecule has 0 spiro atoms. The van der Waals surface area contributed by atoms with E-state index in [9.17, 15) is 19.2 Å². The standard InChI is InChI=1S/C39H59BN6O6/c1-8-13-31(40-51-30-22-26-21-29(37(26,5)6)38(30,7)52-40)43-34(48)28(20-25-14-11-10-12-15-25)46-19-16-39(9-2,36(46)50)45-35(49)32(24(3)4)44-33(47)27-23-41-17-18-42-27/h8,17-18,23-26,28-32H,1,9-16,19-22H2,2-7H3,(H,43,48)(H,44,47)(H,45,49)/t26-,28+,29-,30?,31+,32+,38+,39?/m1/s1. The lowest BCUT2D eigenvalue weighted by molar-refractivity contribution is -0.199. The molecule has 7 rings (SSSR count). The highest BCUT2D eigenvalue weighted by molar-refractivity contribution is 6.48. The summed E-state index contributed by atoms with van der Waals surface area (Å²) in [6.07, 6.45) is 15.2. The number of likely N-dealkylation sites (tertiary alicyclic amines) is 1. The molecule has 4 aliphatic carbocycles. The van der Waals surface area contributed by atoms with Gasteiger partial charge in [-0.1, -0.05) is 72.8 Å². The third kappa shape index (κ3) is 7.16. The van der Waals surface area contributed by atoms with Crippen molar-refractivity contribution in [2.75, 3.05) is 6.54 Å². The van der Waals surface area contributed by atoms with Crippen LogP contribution in [0.5, 0.6) is 0 Å². The number of hydrogen-bond acceptors (Lipinski definition) is 8. The lowest BCUT2D eigenvalue weighted by Crippen LogP contribution is -2.65. The smallest absolute Gasteiger partial charge is 0.404 e. The molecule has 1 aromatic heterocycles. The van der Waals surface area contributed by atoms with Crippen LogP contribution in [0.2, 0.25) is 0 Å². The van der Waals surface area contributed by atoms with E-state index >= 15 is 0 Å². The van der Waals surface area contributed by atoms with Gasteiger partial charge in [-0.05, 0) is 74.5 Å². The van der Waals surface area contributed by atoms with Gasteiger partial charge in [0.1, 0.15) is 23.3 Å². The van der Waals surface area contributed by atoms with Crippen molar-refractivity contribution in [3.05, 3.63) is 36.9 Å². The number of rotatable bonds is 14. The van der Waals surface area contributed by atoms with Gasteiger partial charge in [0.05, 0.1) is 23.8 Å². The molecule has 4 amide bonds. The normalized spacial score (nSPS) is 31.3. The number of nitrogens with one attached hydrogen (secondary N) is 3. The van der Waals surface area contributed by atoms with E-state index in [0.717, 1.165) is 38.5 Å². The average molecular weight is 719 g/mol. The van der Waals surface area contributed by atoms with Gasteiger partial charge < -0.3 is 30.2 Å². The third-order valence-electron chi connectivity index (χ3n) is 13.5. The highest BCUT2D eigenvalue weighted by Gasteiger charge is 2.68. The molecule has 8 atom stereocenters. The van der Waals surface area contributed by atoms with E-state index in [1.165, 1.54) is 25.0 Å². The summed E-state index contributed by atoms with van der Waals surface area (Å²) in [6, 6.07) is -1.62. The van der Waals surface area contributed by atoms with Crippen LogP contribution in [0.1, 0.15) is 123 Å². The van der Waals surface area contributed by atoms with Crippen LogP contribution < -0.4 is 16.0 Å². The molecule has 1 aromatic rings. The lowest BCUT2D eigenvalue weighted by Gasteiger charge is -2.64. The maximum atomic E-state index is 14.6. The molecule has 6 aliphatic rings. The SMILES string of the molecule is C=CC[C@H](NC(=O)[C@H](CC1CCCCC1)N1CCC(CC)(NC(=O)[C@@H](NC(=O)c2cnccn2)C(C)C)C1=O)B1OC2C[C@H]3C[C@H](C3(C)C)[C@]2(C)O1. The molecule has 2 aliphatic heterocycles. The Labute approximate surface area is 309 Å². The first-order chi connectivity index (χ1) is 24.7. The van der Waals surface area contributed by atoms with Gasteiger partial charge in [-0.2, -0.15) is 0 Å². The van der Waals surface area contributed by atoms with Gasteiger partial charge in [-0.15, -0.1) is 6.58 Å². The lowest BCUT2D eigenvalue weighted by atomic mass is 9.43. The van der Waals surface area contributed by atoms with Crippen LogP contribution in [-0.2, 0) is 23.7 Å². The summed E-state index contributed by atoms with van der Waals surface area (Å²) in [4.78, 5) is 65.6. The molecule has 2 saturated heterocycles. The highest BCUT2D eigenvalue weighted by atomic mass is 16.7. The van der Waals surface area contributed by atoms with Crippen molar-refractivity contribution in [2.45, 2.75) is 147 Å². The van der Waals surface area contributed by atoms with E-state index in [1.807, 2.05) is 20.8 Å². The molecule has 0 radical (unpaired) electrons. The molecule has 6 fully saturated rings. The monoisotopic (exact) mass is 718 g/mol. The summed E-state index contributed by atoms with van der Waals surface area (Å²) < 4.78 is 13.4. The van der Waals surface area contributed by atoms with Gasteiger partial charge in [0.15, 0.2) is 0 Å². The molecule has 0 aromatic carbocycles. The van der Waals surface area contributed by atoms with Crippen LogP contribution in [0.4, 0.5) is 0 Å². The molecule has 3 N–H and O–H groups in total. The molecule has 3 heterocycles. The first kappa shape index (κ1) is 38.4. The van der Waals surface area contributed by atoms with Crippen molar-refractivity contribution in [3.8, 4) is 0 Å². The molecule has 2 bridgehead atoms. The zero-order valence-electron chi connectivity index (χ0n) is 32.0. The fraction of sp³-hybridized carbons (Fsp3) is 0.744. The Morgan fingerprint density at radius 2 is 1.85 bits per heavy atom. The van der Waals surface area contributed by atoms with Crippen molar-refractivity contribution < 1.29 is 28.5 Å². The number of amides is 4. The van der Waals surface area contributed by atoms with Crippen LogP contribution in [0.3, 0.4) is 0 Å². The molecule has 52 heavy (non-hydrogen) atoms. The minimum atomic E-state index is -1.21. The van der Waals surface area contributed by atoms with Crippen LogP contribution in [0.15, 0.2) is 31.2 Å². The molecule has 2 unspecified atom stereocenters. The zero-order valence-corrected chi connectivity index (χ0v) is 32.0. The predicted octanol–water partition coefficient (Wildman–Crippen LogP) is 4.40. The summed E-state index contributed by atoms with van der Waals surface area (Å²) in [5, 5.41) is 9.11. The van der Waals surface area contributed by atoms with E-state index in [4.69, 9.17) is 9.31 Å². The predicted molar refractivity (Wildman–Crippen MR) is 197 cm³/mol. The Morgan fingerprint density at radius 1 is 1.10 bits per heavy atom. The average Bonchev–Trinajstić information content (AvgIpc) is 3.65. The quantitative estimate of drug-likeness (QED) is 0.189. The summed E-state index contributed by atoms with van der Waals surface area (Å²) in [6.45, 7) is 16.7. The van der Waals surface area contributed by atoms with Gasteiger partial charge >= 0.3 is 7.12 Å². The Bertz CT molecular complexity index is 1500. The molecule has 4 saturated carbocycles. The minimum absolute atomic E-state index is 0.0226. The number of hydrogen-bond donors (Lipinski definition) is 3. The van der Waals surface area contributed by atoms with E-state index < -0.39 is 48.1 Å². The van der Waals surface area contributed by atoms with Crippen molar-refractivity contribution in [1.82, 2.24) is 30.8 Å². The Hall–Kier alpha value is -3.32. The molecule has 13 heteroatoms. The fourth-order valence-electron chi connectivity index (χ4n) is 9.99. The number of nitrogens with zero attached hydrogens (tertiary/aromatic N) is 3. The largest absolute Gasteiger partial charge is 0.482 e. The van der Waals surface area contributed by atoms with Gasteiger partial charge in [-0.3, -0.25) is 24.2 Å². The van der Waals surface area contributed by atoms with E-state index in [0.29, 0.717) is 50.0 Å². The topological polar surface area (TPSA) is 152 Å². The van der Waals surface area contributed by atoms with E-state index in [-0.39, 0.29) is 34.9 Å². The van der Waals surface area contributed by atoms with Crippen molar-refractivity contribution in [2.24, 2.45) is 29.1 Å². The summed E-state index contributed by atoms with van der Waals surface area (Å²) in [5.41, 5.74) is -1.33. The van der Waals surface area contributed by atoms with Crippen molar-refractivity contribution in [1.29, 1.82) is 0 Å². The second-order valence-electron chi connectivity index (χ2n) is 17.2. The second kappa shape index (κ2) is 15.2. The first-order valence-corrected chi connectivity index (χ1v) is 19.7. The summed E-state index contributed by atoms with van der Waals surface area (Å²) in [5.74, 6) is -0.869.